The average Bonchev–Trinajstić information content (AvgIpc) is 3.32. The van der Waals surface area contributed by atoms with Crippen molar-refractivity contribution < 1.29 is 52.4 Å². The van der Waals surface area contributed by atoms with Crippen molar-refractivity contribution >= 4 is 29.7 Å². The van der Waals surface area contributed by atoms with Crippen LogP contribution >= 0.6 is 0 Å². The molecule has 12 atom stereocenters. The minimum Gasteiger partial charge on any atom is -0.463 e. The second-order valence-electron chi connectivity index (χ2n) is 14.6. The molecule has 0 aromatic rings. The number of hydrogen-bond donors (Lipinski definition) is 0. The summed E-state index contributed by atoms with van der Waals surface area (Å²) in [5.74, 6) is -0.407. The third-order valence-electron chi connectivity index (χ3n) is 11.8. The van der Waals surface area contributed by atoms with Crippen molar-refractivity contribution in [1.82, 2.24) is 0 Å². The van der Waals surface area contributed by atoms with E-state index in [1.807, 2.05) is 0 Å². The first-order valence-electron chi connectivity index (χ1n) is 16.8. The number of hydrogen-bond acceptors (Lipinski definition) is 11. The van der Waals surface area contributed by atoms with E-state index in [9.17, 15) is 24.0 Å². The van der Waals surface area contributed by atoms with Gasteiger partial charge in [-0.2, -0.15) is 0 Å². The van der Waals surface area contributed by atoms with Gasteiger partial charge in [-0.05, 0) is 86.9 Å². The largest absolute Gasteiger partial charge is 0.463 e. The first-order valence-corrected chi connectivity index (χ1v) is 16.8. The second kappa shape index (κ2) is 13.4. The van der Waals surface area contributed by atoms with Gasteiger partial charge in [0.2, 0.25) is 0 Å². The third kappa shape index (κ3) is 6.64. The molecular weight excluding hydrogens is 596 g/mol. The molecular formula is C35H50O11. The molecule has 256 valence electrons. The Balaban J connectivity index is 1.37. The number of fused-ring (bicyclic) bond motifs is 5. The summed E-state index contributed by atoms with van der Waals surface area (Å²) < 4.78 is 34.7. The van der Waals surface area contributed by atoms with Crippen LogP contribution in [0.4, 0.5) is 0 Å². The molecule has 0 spiro atoms. The van der Waals surface area contributed by atoms with Gasteiger partial charge in [0.1, 0.15) is 18.5 Å². The zero-order chi connectivity index (χ0) is 33.6. The first-order chi connectivity index (χ1) is 21.6. The molecule has 1 heterocycles. The van der Waals surface area contributed by atoms with Gasteiger partial charge in [-0.3, -0.25) is 24.0 Å². The Bertz CT molecular complexity index is 1260. The Hall–Kier alpha value is -2.79. The Labute approximate surface area is 271 Å². The molecule has 11 nitrogen and oxygen atoms in total. The number of allylic oxidation sites excluding steroid dienone is 1. The average molecular weight is 647 g/mol. The molecule has 5 aliphatic rings. The monoisotopic (exact) mass is 646 g/mol. The Morgan fingerprint density at radius 2 is 1.43 bits per heavy atom. The minimum atomic E-state index is -1.25. The van der Waals surface area contributed by atoms with E-state index in [2.05, 4.69) is 19.9 Å². The smallest absolute Gasteiger partial charge is 0.303 e. The van der Waals surface area contributed by atoms with Gasteiger partial charge in [0.15, 0.2) is 24.6 Å². The van der Waals surface area contributed by atoms with E-state index in [1.54, 1.807) is 6.92 Å². The Morgan fingerprint density at radius 3 is 2.07 bits per heavy atom. The van der Waals surface area contributed by atoms with E-state index in [4.69, 9.17) is 28.4 Å². The van der Waals surface area contributed by atoms with Gasteiger partial charge in [0.05, 0.1) is 6.10 Å². The van der Waals surface area contributed by atoms with E-state index >= 15 is 0 Å². The molecule has 3 saturated carbocycles. The van der Waals surface area contributed by atoms with E-state index in [-0.39, 0.29) is 29.5 Å². The van der Waals surface area contributed by atoms with Crippen LogP contribution in [0.3, 0.4) is 0 Å². The summed E-state index contributed by atoms with van der Waals surface area (Å²) in [4.78, 5) is 60.7. The maximum absolute atomic E-state index is 12.5. The normalized spacial score (nSPS) is 41.5. The molecule has 0 aromatic carbocycles. The van der Waals surface area contributed by atoms with Crippen LogP contribution in [0, 0.1) is 34.5 Å². The van der Waals surface area contributed by atoms with Gasteiger partial charge >= 0.3 is 23.9 Å². The van der Waals surface area contributed by atoms with Gasteiger partial charge in [-0.15, -0.1) is 0 Å². The molecule has 0 N–H and O–H groups in total. The number of esters is 4. The van der Waals surface area contributed by atoms with Gasteiger partial charge in [-0.25, -0.2) is 0 Å². The minimum absolute atomic E-state index is 0.0275. The lowest BCUT2D eigenvalue weighted by atomic mass is 9.47. The van der Waals surface area contributed by atoms with Crippen LogP contribution in [-0.2, 0) is 52.4 Å². The Kier molecular flexibility index (Phi) is 10.0. The standard InChI is InChI=1S/C35H50O11/c1-18(36)26-10-11-27-25-9-8-23-16-24(12-14-34(23,6)28(25)13-15-35(26,27)7)45-33-32(44-22(5)40)31(43-21(4)39)30(42-20(3)38)29(46-33)17-41-19(2)37/h8,24-33H,9-17H2,1-7H3/t24-,25-,26+,27-,28-,29+,30+,31-,32+,33-,34-,35+/m0/s1. The summed E-state index contributed by atoms with van der Waals surface area (Å²) in [5.41, 5.74) is 1.48. The number of ether oxygens (including phenoxy) is 6. The van der Waals surface area contributed by atoms with Gasteiger partial charge in [0, 0.05) is 33.6 Å². The van der Waals surface area contributed by atoms with E-state index < -0.39 is 54.6 Å². The third-order valence-corrected chi connectivity index (χ3v) is 11.8. The van der Waals surface area contributed by atoms with Crippen molar-refractivity contribution in [3.8, 4) is 0 Å². The second-order valence-corrected chi connectivity index (χ2v) is 14.6. The molecule has 46 heavy (non-hydrogen) atoms. The highest BCUT2D eigenvalue weighted by Crippen LogP contribution is 2.66. The van der Waals surface area contributed by atoms with Crippen molar-refractivity contribution in [1.29, 1.82) is 0 Å². The maximum atomic E-state index is 12.5. The number of carbonyl (C=O) groups is 5. The van der Waals surface area contributed by atoms with Crippen molar-refractivity contribution in [2.45, 2.75) is 137 Å². The lowest BCUT2D eigenvalue weighted by molar-refractivity contribution is -0.318. The number of rotatable bonds is 8. The zero-order valence-electron chi connectivity index (χ0n) is 28.2. The highest BCUT2D eigenvalue weighted by atomic mass is 16.7. The molecule has 0 bridgehead atoms. The molecule has 4 fully saturated rings. The van der Waals surface area contributed by atoms with Crippen LogP contribution in [0.15, 0.2) is 11.6 Å². The van der Waals surface area contributed by atoms with Gasteiger partial charge < -0.3 is 28.4 Å². The van der Waals surface area contributed by atoms with Crippen LogP contribution in [0.5, 0.6) is 0 Å². The summed E-state index contributed by atoms with van der Waals surface area (Å²) in [6.45, 7) is 11.1. The quantitative estimate of drug-likeness (QED) is 0.207. The highest BCUT2D eigenvalue weighted by molar-refractivity contribution is 5.79. The Morgan fingerprint density at radius 1 is 0.783 bits per heavy atom. The molecule has 5 rings (SSSR count). The van der Waals surface area contributed by atoms with Crippen LogP contribution in [0.2, 0.25) is 0 Å². The lowest BCUT2D eigenvalue weighted by Gasteiger charge is -2.58. The summed E-state index contributed by atoms with van der Waals surface area (Å²) in [6, 6.07) is 0. The van der Waals surface area contributed by atoms with Crippen LogP contribution in [-0.4, -0.2) is 73.1 Å². The molecule has 1 saturated heterocycles. The maximum Gasteiger partial charge on any atom is 0.303 e. The first kappa shape index (κ1) is 34.5. The van der Waals surface area contributed by atoms with Crippen molar-refractivity contribution in [3.05, 3.63) is 11.6 Å². The summed E-state index contributed by atoms with van der Waals surface area (Å²) in [5, 5.41) is 0. The fraction of sp³-hybridized carbons (Fsp3) is 0.800. The fourth-order valence-corrected chi connectivity index (χ4v) is 9.90. The zero-order valence-corrected chi connectivity index (χ0v) is 28.2. The number of ketones is 1. The predicted molar refractivity (Wildman–Crippen MR) is 163 cm³/mol. The van der Waals surface area contributed by atoms with Crippen LogP contribution in [0.25, 0.3) is 0 Å². The molecule has 0 unspecified atom stereocenters. The predicted octanol–water partition coefficient (Wildman–Crippen LogP) is 4.62. The number of Topliss-reactive ketones (excluding diaryl/α,β-unsaturated/α-hetero) is 1. The highest BCUT2D eigenvalue weighted by Gasteiger charge is 2.60. The summed E-state index contributed by atoms with van der Waals surface area (Å²) >= 11 is 0. The number of carbonyl (C=O) groups excluding carboxylic acids is 5. The van der Waals surface area contributed by atoms with Crippen molar-refractivity contribution in [2.24, 2.45) is 34.5 Å². The van der Waals surface area contributed by atoms with E-state index in [1.165, 1.54) is 33.3 Å². The SMILES string of the molecule is CC(=O)OC[C@H]1O[C@H](O[C@H]2CC[C@@]3(C)C(=CC[C@H]4[C@@H]5CC[C@H](C(C)=O)[C@@]5(C)CC[C@@H]43)C2)[C@H](OC(C)=O)[C@@H](OC(C)=O)[C@@H]1OC(C)=O. The van der Waals surface area contributed by atoms with Crippen LogP contribution < -0.4 is 0 Å². The van der Waals surface area contributed by atoms with Gasteiger partial charge in [0.25, 0.3) is 0 Å². The van der Waals surface area contributed by atoms with Gasteiger partial charge in [-0.1, -0.05) is 25.5 Å². The lowest BCUT2D eigenvalue weighted by Crippen LogP contribution is -2.63. The molecule has 0 radical (unpaired) electrons. The topological polar surface area (TPSA) is 141 Å². The molecule has 11 heteroatoms. The fourth-order valence-electron chi connectivity index (χ4n) is 9.90. The summed E-state index contributed by atoms with van der Waals surface area (Å²) in [7, 11) is 0. The molecule has 0 amide bonds. The van der Waals surface area contributed by atoms with Crippen molar-refractivity contribution in [2.75, 3.05) is 6.61 Å². The molecule has 4 aliphatic carbocycles. The van der Waals surface area contributed by atoms with E-state index in [0.717, 1.165) is 44.9 Å². The molecule has 0 aromatic heterocycles. The van der Waals surface area contributed by atoms with Crippen molar-refractivity contribution in [3.63, 3.8) is 0 Å². The molecule has 1 aliphatic heterocycles. The van der Waals surface area contributed by atoms with E-state index in [0.29, 0.717) is 30.0 Å². The summed E-state index contributed by atoms with van der Waals surface area (Å²) in [6.07, 6.45) is 3.83. The van der Waals surface area contributed by atoms with Crippen LogP contribution in [0.1, 0.15) is 99.8 Å².